The fourth-order valence-electron chi connectivity index (χ4n) is 4.44. The summed E-state index contributed by atoms with van der Waals surface area (Å²) in [5, 5.41) is 0. The van der Waals surface area contributed by atoms with E-state index < -0.39 is 0 Å². The molecule has 3 nitrogen and oxygen atoms in total. The largest absolute Gasteiger partial charge is 0.456 e. The summed E-state index contributed by atoms with van der Waals surface area (Å²) in [7, 11) is 0. The molecule has 2 heterocycles. The van der Waals surface area contributed by atoms with E-state index in [1.807, 2.05) is 0 Å². The maximum absolute atomic E-state index is 6.57. The zero-order valence-electron chi connectivity index (χ0n) is 17.4. The van der Waals surface area contributed by atoms with E-state index in [0.717, 1.165) is 49.9 Å². The lowest BCUT2D eigenvalue weighted by Crippen LogP contribution is -2.39. The van der Waals surface area contributed by atoms with Crippen molar-refractivity contribution in [3.8, 4) is 5.75 Å². The number of para-hydroxylation sites is 1. The topological polar surface area (TPSA) is 21.7 Å². The molecule has 5 rings (SSSR count). The fraction of sp³-hybridized carbons (Fsp3) is 0.259. The van der Waals surface area contributed by atoms with Gasteiger partial charge in [0.1, 0.15) is 11.5 Å². The van der Waals surface area contributed by atoms with Crippen LogP contribution in [0.5, 0.6) is 5.75 Å². The molecule has 0 unspecified atom stereocenters. The van der Waals surface area contributed by atoms with E-state index in [1.54, 1.807) is 0 Å². The maximum Gasteiger partial charge on any atom is 0.136 e. The van der Waals surface area contributed by atoms with Gasteiger partial charge < -0.3 is 9.47 Å². The van der Waals surface area contributed by atoms with Crippen LogP contribution in [0.15, 0.2) is 84.4 Å². The van der Waals surface area contributed by atoms with E-state index in [9.17, 15) is 0 Å². The molecule has 1 saturated heterocycles. The number of nitrogens with zero attached hydrogens (tertiary/aromatic N) is 1. The molecule has 0 amide bonds. The van der Waals surface area contributed by atoms with E-state index in [1.165, 1.54) is 22.3 Å². The van der Waals surface area contributed by atoms with Gasteiger partial charge in [0.25, 0.3) is 0 Å². The fourth-order valence-corrected chi connectivity index (χ4v) is 4.44. The van der Waals surface area contributed by atoms with Gasteiger partial charge >= 0.3 is 0 Å². The number of hydrogen-bond acceptors (Lipinski definition) is 3. The van der Waals surface area contributed by atoms with Crippen LogP contribution in [-0.2, 0) is 4.74 Å². The van der Waals surface area contributed by atoms with Crippen LogP contribution in [0.25, 0.3) is 5.76 Å². The second-order valence-electron chi connectivity index (χ2n) is 8.09. The Morgan fingerprint density at radius 2 is 1.53 bits per heavy atom. The van der Waals surface area contributed by atoms with E-state index >= 15 is 0 Å². The Hall–Kier alpha value is -2.88. The highest BCUT2D eigenvalue weighted by Gasteiger charge is 2.32. The SMILES string of the molecule is Cc1ccc([C@H]2C(CN3CCOCC3)=C(c3ccccc3)Oc3ccccc32)cc1. The second kappa shape index (κ2) is 8.47. The van der Waals surface area contributed by atoms with Gasteiger partial charge in [-0.05, 0) is 24.1 Å². The van der Waals surface area contributed by atoms with Crippen molar-refractivity contribution >= 4 is 5.76 Å². The predicted molar refractivity (Wildman–Crippen MR) is 121 cm³/mol. The Balaban J connectivity index is 1.67. The van der Waals surface area contributed by atoms with Gasteiger partial charge in [-0.15, -0.1) is 0 Å². The average Bonchev–Trinajstić information content (AvgIpc) is 2.81. The minimum atomic E-state index is 0.175. The molecule has 3 heteroatoms. The lowest BCUT2D eigenvalue weighted by Gasteiger charge is -2.35. The summed E-state index contributed by atoms with van der Waals surface area (Å²) in [6, 6.07) is 27.9. The number of fused-ring (bicyclic) bond motifs is 1. The highest BCUT2D eigenvalue weighted by molar-refractivity contribution is 5.72. The monoisotopic (exact) mass is 397 g/mol. The molecule has 0 aliphatic carbocycles. The smallest absolute Gasteiger partial charge is 0.136 e. The van der Waals surface area contributed by atoms with Gasteiger partial charge in [0.15, 0.2) is 0 Å². The van der Waals surface area contributed by atoms with Crippen LogP contribution in [0.3, 0.4) is 0 Å². The normalized spacial score (nSPS) is 19.3. The molecular formula is C27H27NO2. The van der Waals surface area contributed by atoms with Crippen LogP contribution in [-0.4, -0.2) is 37.7 Å². The Bertz CT molecular complexity index is 1030. The molecule has 3 aromatic carbocycles. The summed E-state index contributed by atoms with van der Waals surface area (Å²) in [5.74, 6) is 2.12. The zero-order valence-corrected chi connectivity index (χ0v) is 17.4. The van der Waals surface area contributed by atoms with Gasteiger partial charge in [-0.3, -0.25) is 4.90 Å². The molecule has 1 fully saturated rings. The van der Waals surface area contributed by atoms with E-state index in [2.05, 4.69) is 90.7 Å². The first-order valence-corrected chi connectivity index (χ1v) is 10.7. The molecule has 0 radical (unpaired) electrons. The van der Waals surface area contributed by atoms with Gasteiger partial charge in [0.2, 0.25) is 0 Å². The quantitative estimate of drug-likeness (QED) is 0.599. The van der Waals surface area contributed by atoms with Crippen molar-refractivity contribution in [3.05, 3.63) is 107 Å². The molecule has 2 aliphatic rings. The van der Waals surface area contributed by atoms with Gasteiger partial charge in [-0.1, -0.05) is 78.4 Å². The lowest BCUT2D eigenvalue weighted by atomic mass is 9.80. The number of rotatable bonds is 4. The maximum atomic E-state index is 6.57. The highest BCUT2D eigenvalue weighted by Crippen LogP contribution is 2.45. The van der Waals surface area contributed by atoms with Crippen molar-refractivity contribution in [2.45, 2.75) is 12.8 Å². The van der Waals surface area contributed by atoms with Gasteiger partial charge in [0.05, 0.1) is 13.2 Å². The number of ether oxygens (including phenoxy) is 2. The molecule has 1 atom stereocenters. The number of aryl methyl sites for hydroxylation is 1. The van der Waals surface area contributed by atoms with Crippen LogP contribution >= 0.6 is 0 Å². The molecular weight excluding hydrogens is 370 g/mol. The third kappa shape index (κ3) is 3.79. The Labute approximate surface area is 178 Å². The second-order valence-corrected chi connectivity index (χ2v) is 8.09. The Morgan fingerprint density at radius 3 is 2.30 bits per heavy atom. The minimum absolute atomic E-state index is 0.175. The Morgan fingerprint density at radius 1 is 0.833 bits per heavy atom. The summed E-state index contributed by atoms with van der Waals surface area (Å²) in [5.41, 5.74) is 6.29. The Kier molecular flexibility index (Phi) is 5.39. The van der Waals surface area contributed by atoms with Crippen LogP contribution in [0, 0.1) is 6.92 Å². The summed E-state index contributed by atoms with van der Waals surface area (Å²) in [6.45, 7) is 6.50. The summed E-state index contributed by atoms with van der Waals surface area (Å²) in [6.07, 6.45) is 0. The third-order valence-corrected chi connectivity index (χ3v) is 6.03. The van der Waals surface area contributed by atoms with Crippen LogP contribution < -0.4 is 4.74 Å². The molecule has 0 saturated carbocycles. The van der Waals surface area contributed by atoms with Crippen LogP contribution in [0.1, 0.15) is 28.2 Å². The molecule has 0 spiro atoms. The van der Waals surface area contributed by atoms with E-state index in [0.29, 0.717) is 0 Å². The van der Waals surface area contributed by atoms with Crippen molar-refractivity contribution in [1.82, 2.24) is 4.90 Å². The molecule has 30 heavy (non-hydrogen) atoms. The first-order chi connectivity index (χ1) is 14.8. The first kappa shape index (κ1) is 19.1. The summed E-state index contributed by atoms with van der Waals surface area (Å²) in [4.78, 5) is 2.49. The van der Waals surface area contributed by atoms with E-state index in [-0.39, 0.29) is 5.92 Å². The molecule has 152 valence electrons. The van der Waals surface area contributed by atoms with Crippen LogP contribution in [0.2, 0.25) is 0 Å². The van der Waals surface area contributed by atoms with Crippen molar-refractivity contribution in [2.24, 2.45) is 0 Å². The summed E-state index contributed by atoms with van der Waals surface area (Å²) < 4.78 is 12.2. The van der Waals surface area contributed by atoms with Crippen LogP contribution in [0.4, 0.5) is 0 Å². The average molecular weight is 398 g/mol. The highest BCUT2D eigenvalue weighted by atomic mass is 16.5. The van der Waals surface area contributed by atoms with Gasteiger partial charge in [0, 0.05) is 36.7 Å². The van der Waals surface area contributed by atoms with Crippen molar-refractivity contribution in [1.29, 1.82) is 0 Å². The lowest BCUT2D eigenvalue weighted by molar-refractivity contribution is 0.0417. The molecule has 3 aromatic rings. The molecule has 0 N–H and O–H groups in total. The first-order valence-electron chi connectivity index (χ1n) is 10.7. The third-order valence-electron chi connectivity index (χ3n) is 6.03. The number of benzene rings is 3. The molecule has 0 bridgehead atoms. The van der Waals surface area contributed by atoms with Crippen molar-refractivity contribution < 1.29 is 9.47 Å². The van der Waals surface area contributed by atoms with Gasteiger partial charge in [-0.2, -0.15) is 0 Å². The van der Waals surface area contributed by atoms with Crippen molar-refractivity contribution in [2.75, 3.05) is 32.8 Å². The summed E-state index contributed by atoms with van der Waals surface area (Å²) >= 11 is 0. The molecule has 0 aromatic heterocycles. The number of hydrogen-bond donors (Lipinski definition) is 0. The minimum Gasteiger partial charge on any atom is -0.456 e. The zero-order chi connectivity index (χ0) is 20.3. The predicted octanol–water partition coefficient (Wildman–Crippen LogP) is 5.26. The molecule has 2 aliphatic heterocycles. The van der Waals surface area contributed by atoms with Gasteiger partial charge in [-0.25, -0.2) is 0 Å². The van der Waals surface area contributed by atoms with E-state index in [4.69, 9.17) is 9.47 Å². The van der Waals surface area contributed by atoms with Crippen molar-refractivity contribution in [3.63, 3.8) is 0 Å². The number of morpholine rings is 1. The standard InChI is InChI=1S/C27H27NO2/c1-20-11-13-21(14-12-20)26-23-9-5-6-10-25(23)30-27(22-7-3-2-4-8-22)24(26)19-28-15-17-29-18-16-28/h2-14,26H,15-19H2,1H3/t26-/m1/s1.